The number of esters is 3. The molecule has 5 rings (SSSR count). The number of likely N-dealkylation sites (tertiary alicyclic amines) is 1. The maximum absolute atomic E-state index is 13.3. The topological polar surface area (TPSA) is 198 Å². The zero-order valence-electron chi connectivity index (χ0n) is 27.1. The Labute approximate surface area is 272 Å². The normalized spacial score (nSPS) is 27.4. The first-order valence-corrected chi connectivity index (χ1v) is 15.8. The number of aliphatic hydroxyl groups excluding tert-OH is 1. The number of rotatable bonds is 12. The van der Waals surface area contributed by atoms with Crippen LogP contribution in [0.4, 0.5) is 0 Å². The van der Waals surface area contributed by atoms with E-state index < -0.39 is 71.6 Å². The molecule has 2 heterocycles. The first kappa shape index (κ1) is 34.3. The average molecular weight is 659 g/mol. The van der Waals surface area contributed by atoms with Crippen LogP contribution in [0.15, 0.2) is 24.0 Å². The van der Waals surface area contributed by atoms with Crippen molar-refractivity contribution in [2.24, 2.45) is 5.92 Å². The minimum absolute atomic E-state index is 0.0390. The van der Waals surface area contributed by atoms with Crippen molar-refractivity contribution in [2.75, 3.05) is 13.6 Å². The summed E-state index contributed by atoms with van der Waals surface area (Å²) in [5, 5.41) is 34.2. The minimum atomic E-state index is -1.77. The third kappa shape index (κ3) is 5.98. The van der Waals surface area contributed by atoms with Crippen LogP contribution in [0, 0.1) is 5.92 Å². The maximum Gasteiger partial charge on any atom is 0.348 e. The molecule has 14 heteroatoms. The lowest BCUT2D eigenvalue weighted by molar-refractivity contribution is -0.177. The van der Waals surface area contributed by atoms with Crippen molar-refractivity contribution in [3.05, 3.63) is 40.7 Å². The summed E-state index contributed by atoms with van der Waals surface area (Å²) in [4.78, 5) is 64.5. The van der Waals surface area contributed by atoms with Crippen LogP contribution in [0.5, 0.6) is 5.75 Å². The number of nitrogens with zero attached hydrogens (tertiary/aromatic N) is 1. The molecule has 2 aliphatic carbocycles. The molecule has 1 aromatic rings. The van der Waals surface area contributed by atoms with Gasteiger partial charge in [-0.15, -0.1) is 0 Å². The van der Waals surface area contributed by atoms with Gasteiger partial charge in [-0.05, 0) is 57.3 Å². The van der Waals surface area contributed by atoms with Gasteiger partial charge in [-0.2, -0.15) is 0 Å². The molecule has 4 N–H and O–H groups in total. The summed E-state index contributed by atoms with van der Waals surface area (Å²) in [6, 6.07) is 2.30. The summed E-state index contributed by atoms with van der Waals surface area (Å²) in [5.41, 5.74) is 0.150. The van der Waals surface area contributed by atoms with E-state index in [1.807, 2.05) is 13.1 Å². The standard InChI is InChI=1S/C33H42N2O12/c1-16(2)12-21(30(40)41)34-29(39)17(3)44-31(42)23(45-18(4)37)14-25(38)46-22-8-9-33(43)24-13-19-6-7-20(15-36)27-26(19)32(33,28(22)47-27)10-11-35(24)5/h6-8,16-17,21,23-24,28,36,43H,9-15H2,1-5H3,(H,34,39)(H,40,41)/t17-,21-,23-,24+,28-,32-,33+/m0/s1. The van der Waals surface area contributed by atoms with E-state index in [9.17, 15) is 39.3 Å². The van der Waals surface area contributed by atoms with Crippen molar-refractivity contribution in [1.29, 1.82) is 0 Å². The van der Waals surface area contributed by atoms with Crippen LogP contribution in [0.2, 0.25) is 0 Å². The zero-order chi connectivity index (χ0) is 34.4. The fraction of sp³-hybridized carbons (Fsp3) is 0.606. The Bertz CT molecular complexity index is 1510. The SMILES string of the molecule is CC(=O)O[C@@H](CC(=O)OC1=CC[C@@]2(O)[C@H]3Cc4ccc(CO)c5c4[C@@]2(CCN3C)[C@H]1O5)C(=O)O[C@@H](C)C(=O)N[C@@H](CC(C)C)C(=O)O. The number of likely N-dealkylation sites (N-methyl/N-ethyl adjacent to an activating group) is 1. The minimum Gasteiger partial charge on any atom is -0.481 e. The molecule has 0 radical (unpaired) electrons. The van der Waals surface area contributed by atoms with Gasteiger partial charge in [0.1, 0.15) is 17.6 Å². The number of ether oxygens (including phenoxy) is 4. The molecule has 47 heavy (non-hydrogen) atoms. The molecule has 14 nitrogen and oxygen atoms in total. The van der Waals surface area contributed by atoms with Crippen molar-refractivity contribution < 1.29 is 58.2 Å². The van der Waals surface area contributed by atoms with Crippen molar-refractivity contribution >= 4 is 29.8 Å². The lowest BCUT2D eigenvalue weighted by Crippen LogP contribution is -2.74. The van der Waals surface area contributed by atoms with E-state index in [1.165, 1.54) is 6.92 Å². The first-order valence-electron chi connectivity index (χ1n) is 15.8. The Balaban J connectivity index is 1.33. The Kier molecular flexibility index (Phi) is 9.41. The molecular formula is C33H42N2O12. The Morgan fingerprint density at radius 2 is 1.87 bits per heavy atom. The molecule has 7 atom stereocenters. The van der Waals surface area contributed by atoms with Crippen LogP contribution in [0.1, 0.15) is 70.1 Å². The second-order valence-electron chi connectivity index (χ2n) is 13.3. The van der Waals surface area contributed by atoms with Crippen LogP contribution in [-0.2, 0) is 56.6 Å². The van der Waals surface area contributed by atoms with Crippen LogP contribution in [0.25, 0.3) is 0 Å². The van der Waals surface area contributed by atoms with Gasteiger partial charge in [0.25, 0.3) is 5.91 Å². The van der Waals surface area contributed by atoms with Gasteiger partial charge in [-0.3, -0.25) is 14.4 Å². The molecule has 0 aromatic heterocycles. The summed E-state index contributed by atoms with van der Waals surface area (Å²) in [5.74, 6) is -4.61. The molecule has 2 bridgehead atoms. The van der Waals surface area contributed by atoms with E-state index in [-0.39, 0.29) is 37.2 Å². The maximum atomic E-state index is 13.3. The molecule has 1 spiro atoms. The Morgan fingerprint density at radius 3 is 2.51 bits per heavy atom. The van der Waals surface area contributed by atoms with Gasteiger partial charge in [0.15, 0.2) is 12.2 Å². The van der Waals surface area contributed by atoms with Gasteiger partial charge in [-0.25, -0.2) is 9.59 Å². The summed E-state index contributed by atoms with van der Waals surface area (Å²) in [6.45, 7) is 6.20. The molecule has 1 aromatic carbocycles. The monoisotopic (exact) mass is 658 g/mol. The van der Waals surface area contributed by atoms with Crippen LogP contribution >= 0.6 is 0 Å². The highest BCUT2D eigenvalue weighted by atomic mass is 16.6. The van der Waals surface area contributed by atoms with E-state index in [4.69, 9.17) is 18.9 Å². The third-order valence-electron chi connectivity index (χ3n) is 9.76. The van der Waals surface area contributed by atoms with Crippen LogP contribution in [0.3, 0.4) is 0 Å². The number of carbonyl (C=O) groups is 5. The molecule has 4 aliphatic rings. The molecule has 1 amide bonds. The number of hydrogen-bond acceptors (Lipinski definition) is 12. The highest BCUT2D eigenvalue weighted by molar-refractivity contribution is 5.89. The molecule has 0 unspecified atom stereocenters. The number of aliphatic hydroxyl groups is 2. The number of carboxylic acids is 1. The van der Waals surface area contributed by atoms with E-state index in [2.05, 4.69) is 10.2 Å². The summed E-state index contributed by atoms with van der Waals surface area (Å²) in [6.07, 6.45) is -1.92. The predicted molar refractivity (Wildman–Crippen MR) is 162 cm³/mol. The van der Waals surface area contributed by atoms with E-state index >= 15 is 0 Å². The fourth-order valence-corrected chi connectivity index (χ4v) is 7.61. The quantitative estimate of drug-likeness (QED) is 0.182. The number of benzene rings is 1. The molecule has 1 saturated heterocycles. The summed E-state index contributed by atoms with van der Waals surface area (Å²) in [7, 11) is 1.96. The molecule has 1 fully saturated rings. The van der Waals surface area contributed by atoms with Gasteiger partial charge in [0.2, 0.25) is 6.10 Å². The number of piperidine rings is 1. The highest BCUT2D eigenvalue weighted by Gasteiger charge is 2.71. The lowest BCUT2D eigenvalue weighted by Gasteiger charge is -2.61. The number of carboxylic acid groups (broad SMARTS) is 1. The van der Waals surface area contributed by atoms with Crippen molar-refractivity contribution in [3.8, 4) is 5.75 Å². The fourth-order valence-electron chi connectivity index (χ4n) is 7.61. The van der Waals surface area contributed by atoms with Gasteiger partial charge in [0, 0.05) is 30.5 Å². The smallest absolute Gasteiger partial charge is 0.348 e. The van der Waals surface area contributed by atoms with Gasteiger partial charge >= 0.3 is 23.9 Å². The largest absolute Gasteiger partial charge is 0.481 e. The number of carbonyl (C=O) groups excluding carboxylic acids is 4. The number of aliphatic carboxylic acids is 1. The van der Waals surface area contributed by atoms with Crippen molar-refractivity contribution in [2.45, 2.75) is 108 Å². The second-order valence-corrected chi connectivity index (χ2v) is 13.3. The van der Waals surface area contributed by atoms with E-state index in [0.29, 0.717) is 30.7 Å². The van der Waals surface area contributed by atoms with Crippen molar-refractivity contribution in [3.63, 3.8) is 0 Å². The number of amides is 1. The predicted octanol–water partition coefficient (Wildman–Crippen LogP) is 0.869. The Morgan fingerprint density at radius 1 is 1.15 bits per heavy atom. The first-order chi connectivity index (χ1) is 22.1. The third-order valence-corrected chi connectivity index (χ3v) is 9.76. The molecule has 0 saturated carbocycles. The van der Waals surface area contributed by atoms with Gasteiger partial charge < -0.3 is 44.5 Å². The highest BCUT2D eigenvalue weighted by Crippen LogP contribution is 2.64. The van der Waals surface area contributed by atoms with Crippen LogP contribution < -0.4 is 10.1 Å². The van der Waals surface area contributed by atoms with E-state index in [1.54, 1.807) is 26.0 Å². The Hall–Kier alpha value is -4.01. The molecule has 256 valence electrons. The molecule has 2 aliphatic heterocycles. The average Bonchev–Trinajstić information content (AvgIpc) is 3.35. The number of hydrogen-bond donors (Lipinski definition) is 4. The number of nitrogens with one attached hydrogen (secondary N) is 1. The zero-order valence-corrected chi connectivity index (χ0v) is 27.1. The van der Waals surface area contributed by atoms with Crippen molar-refractivity contribution in [1.82, 2.24) is 10.2 Å². The molecular weight excluding hydrogens is 616 g/mol. The van der Waals surface area contributed by atoms with E-state index in [0.717, 1.165) is 18.1 Å². The van der Waals surface area contributed by atoms with Gasteiger partial charge in [0.05, 0.1) is 24.0 Å². The van der Waals surface area contributed by atoms with Gasteiger partial charge in [-0.1, -0.05) is 26.0 Å². The lowest BCUT2D eigenvalue weighted by atomic mass is 9.50. The van der Waals surface area contributed by atoms with Crippen LogP contribution in [-0.4, -0.2) is 99.6 Å². The summed E-state index contributed by atoms with van der Waals surface area (Å²) < 4.78 is 22.4. The summed E-state index contributed by atoms with van der Waals surface area (Å²) >= 11 is 0. The second kappa shape index (κ2) is 12.9.